The minimum absolute atomic E-state index is 0.00365. The molecule has 34 heavy (non-hydrogen) atoms. The molecule has 0 atom stereocenters. The van der Waals surface area contributed by atoms with Crippen molar-refractivity contribution in [2.45, 2.75) is 25.4 Å². The Bertz CT molecular complexity index is 1340. The molecule has 2 aromatic heterocycles. The van der Waals surface area contributed by atoms with E-state index in [1.165, 1.54) is 0 Å². The van der Waals surface area contributed by atoms with Gasteiger partial charge in [0.2, 0.25) is 0 Å². The number of primary amides is 1. The molecule has 2 amide bonds. The molecule has 1 fully saturated rings. The van der Waals surface area contributed by atoms with Crippen LogP contribution in [0.4, 0.5) is 0 Å². The minimum Gasteiger partial charge on any atom is -0.488 e. The molecule has 1 aliphatic heterocycles. The number of rotatable bonds is 6. The number of para-hydroxylation sites is 1. The van der Waals surface area contributed by atoms with E-state index in [0.717, 1.165) is 29.9 Å². The molecule has 0 spiro atoms. The molecule has 2 aromatic carbocycles. The van der Waals surface area contributed by atoms with E-state index in [1.807, 2.05) is 58.0 Å². The second-order valence-corrected chi connectivity index (χ2v) is 8.40. The average molecular weight is 456 g/mol. The van der Waals surface area contributed by atoms with Gasteiger partial charge in [0, 0.05) is 30.8 Å². The van der Waals surface area contributed by atoms with Crippen LogP contribution in [-0.2, 0) is 6.61 Å². The zero-order valence-electron chi connectivity index (χ0n) is 18.6. The highest BCUT2D eigenvalue weighted by atomic mass is 16.5. The Hall–Kier alpha value is -4.20. The minimum atomic E-state index is -0.540. The first-order chi connectivity index (χ1) is 16.6. The van der Waals surface area contributed by atoms with Gasteiger partial charge in [0.15, 0.2) is 5.65 Å². The summed E-state index contributed by atoms with van der Waals surface area (Å²) in [7, 11) is 0. The molecule has 0 aliphatic carbocycles. The molecule has 8 heteroatoms. The molecule has 1 saturated heterocycles. The Morgan fingerprint density at radius 3 is 2.59 bits per heavy atom. The molecule has 4 aromatic rings. The monoisotopic (exact) mass is 455 g/mol. The number of carbonyl (C=O) groups excluding carboxylic acids is 2. The van der Waals surface area contributed by atoms with Crippen LogP contribution in [-0.4, -0.2) is 44.4 Å². The highest BCUT2D eigenvalue weighted by Gasteiger charge is 2.27. The number of pyridine rings is 1. The van der Waals surface area contributed by atoms with Gasteiger partial charge in [-0.3, -0.25) is 14.0 Å². The average Bonchev–Trinajstić information content (AvgIpc) is 3.32. The number of nitrogens with zero attached hydrogens (tertiary/aromatic N) is 4. The van der Waals surface area contributed by atoms with Crippen molar-refractivity contribution in [2.24, 2.45) is 5.73 Å². The highest BCUT2D eigenvalue weighted by molar-refractivity contribution is 5.95. The number of benzene rings is 2. The normalized spacial score (nSPS) is 14.3. The van der Waals surface area contributed by atoms with Crippen molar-refractivity contribution >= 4 is 17.5 Å². The smallest absolute Gasteiger partial charge is 0.253 e. The summed E-state index contributed by atoms with van der Waals surface area (Å²) in [4.78, 5) is 26.7. The molecule has 3 heterocycles. The van der Waals surface area contributed by atoms with E-state index < -0.39 is 5.91 Å². The molecule has 8 nitrogen and oxygen atoms in total. The summed E-state index contributed by atoms with van der Waals surface area (Å²) >= 11 is 0. The van der Waals surface area contributed by atoms with Crippen LogP contribution in [0.15, 0.2) is 72.9 Å². The molecule has 1 aliphatic rings. The number of hydrogen-bond donors (Lipinski definition) is 1. The third-order valence-electron chi connectivity index (χ3n) is 6.21. The second kappa shape index (κ2) is 9.35. The Kier molecular flexibility index (Phi) is 5.95. The van der Waals surface area contributed by atoms with Gasteiger partial charge < -0.3 is 15.4 Å². The van der Waals surface area contributed by atoms with Crippen LogP contribution in [0.2, 0.25) is 0 Å². The summed E-state index contributed by atoms with van der Waals surface area (Å²) in [6.07, 6.45) is 3.67. The summed E-state index contributed by atoms with van der Waals surface area (Å²) in [6.45, 7) is 1.56. The Balaban J connectivity index is 1.23. The lowest BCUT2D eigenvalue weighted by Crippen LogP contribution is -2.38. The van der Waals surface area contributed by atoms with E-state index in [1.54, 1.807) is 24.3 Å². The molecule has 0 radical (unpaired) electrons. The standard InChI is InChI=1S/C26H25N5O3/c27-24(32)21-8-1-2-9-22(21)34-17-18-6-5-7-20(16-18)26(33)30-14-11-19(12-15-30)25-29-28-23-10-3-4-13-31(23)25/h1-10,13,16,19H,11-12,14-15,17H2,(H2,27,32). The number of hydrogen-bond acceptors (Lipinski definition) is 5. The predicted molar refractivity (Wildman–Crippen MR) is 127 cm³/mol. The first-order valence-electron chi connectivity index (χ1n) is 11.3. The zero-order valence-corrected chi connectivity index (χ0v) is 18.6. The van der Waals surface area contributed by atoms with Crippen molar-refractivity contribution in [1.29, 1.82) is 0 Å². The fraction of sp³-hybridized carbons (Fsp3) is 0.231. The van der Waals surface area contributed by atoms with Crippen molar-refractivity contribution in [3.63, 3.8) is 0 Å². The summed E-state index contributed by atoms with van der Waals surface area (Å²) in [5.74, 6) is 1.12. The van der Waals surface area contributed by atoms with Crippen molar-refractivity contribution in [2.75, 3.05) is 13.1 Å². The predicted octanol–water partition coefficient (Wildman–Crippen LogP) is 3.43. The number of likely N-dealkylation sites (tertiary alicyclic amines) is 1. The number of nitrogens with two attached hydrogens (primary N) is 1. The summed E-state index contributed by atoms with van der Waals surface area (Å²) in [6, 6.07) is 20.1. The first-order valence-corrected chi connectivity index (χ1v) is 11.3. The number of amides is 2. The fourth-order valence-corrected chi connectivity index (χ4v) is 4.41. The fourth-order valence-electron chi connectivity index (χ4n) is 4.41. The van der Waals surface area contributed by atoms with Gasteiger partial charge in [-0.2, -0.15) is 0 Å². The molecule has 0 bridgehead atoms. The molecule has 0 saturated carbocycles. The Morgan fingerprint density at radius 1 is 0.971 bits per heavy atom. The van der Waals surface area contributed by atoms with Gasteiger partial charge in [0.05, 0.1) is 5.56 Å². The van der Waals surface area contributed by atoms with Crippen molar-refractivity contribution in [3.8, 4) is 5.75 Å². The SMILES string of the molecule is NC(=O)c1ccccc1OCc1cccc(C(=O)N2CCC(c3nnc4ccccn34)CC2)c1. The van der Waals surface area contributed by atoms with Crippen LogP contribution >= 0.6 is 0 Å². The van der Waals surface area contributed by atoms with E-state index in [0.29, 0.717) is 30.0 Å². The summed E-state index contributed by atoms with van der Waals surface area (Å²) in [5.41, 5.74) is 8.06. The van der Waals surface area contributed by atoms with E-state index in [9.17, 15) is 9.59 Å². The van der Waals surface area contributed by atoms with Gasteiger partial charge in [0.25, 0.3) is 11.8 Å². The van der Waals surface area contributed by atoms with Gasteiger partial charge >= 0.3 is 0 Å². The number of fused-ring (bicyclic) bond motifs is 1. The third kappa shape index (κ3) is 4.34. The summed E-state index contributed by atoms with van der Waals surface area (Å²) in [5, 5.41) is 8.64. The van der Waals surface area contributed by atoms with Crippen LogP contribution in [0, 0.1) is 0 Å². The topological polar surface area (TPSA) is 103 Å². The van der Waals surface area contributed by atoms with Gasteiger partial charge in [0.1, 0.15) is 18.2 Å². The molecule has 5 rings (SSSR count). The maximum atomic E-state index is 13.2. The zero-order chi connectivity index (χ0) is 23.5. The van der Waals surface area contributed by atoms with Gasteiger partial charge in [-0.1, -0.05) is 30.3 Å². The lowest BCUT2D eigenvalue weighted by atomic mass is 9.95. The lowest BCUT2D eigenvalue weighted by molar-refractivity contribution is 0.0710. The molecular weight excluding hydrogens is 430 g/mol. The number of aromatic nitrogens is 3. The molecule has 0 unspecified atom stereocenters. The van der Waals surface area contributed by atoms with Crippen LogP contribution < -0.4 is 10.5 Å². The number of ether oxygens (including phenoxy) is 1. The van der Waals surface area contributed by atoms with E-state index in [4.69, 9.17) is 10.5 Å². The van der Waals surface area contributed by atoms with E-state index >= 15 is 0 Å². The second-order valence-electron chi connectivity index (χ2n) is 8.40. The highest BCUT2D eigenvalue weighted by Crippen LogP contribution is 2.28. The van der Waals surface area contributed by atoms with Crippen molar-refractivity contribution in [1.82, 2.24) is 19.5 Å². The van der Waals surface area contributed by atoms with Crippen LogP contribution in [0.1, 0.15) is 50.9 Å². The molecule has 2 N–H and O–H groups in total. The van der Waals surface area contributed by atoms with Gasteiger partial charge in [-0.05, 0) is 54.8 Å². The molecular formula is C26H25N5O3. The Labute approximate surface area is 197 Å². The maximum Gasteiger partial charge on any atom is 0.253 e. The largest absolute Gasteiger partial charge is 0.488 e. The molecule has 172 valence electrons. The third-order valence-corrected chi connectivity index (χ3v) is 6.21. The van der Waals surface area contributed by atoms with Crippen LogP contribution in [0.3, 0.4) is 0 Å². The quantitative estimate of drug-likeness (QED) is 0.480. The Morgan fingerprint density at radius 2 is 1.76 bits per heavy atom. The van der Waals surface area contributed by atoms with E-state index in [-0.39, 0.29) is 18.4 Å². The lowest BCUT2D eigenvalue weighted by Gasteiger charge is -2.31. The number of piperidine rings is 1. The number of carbonyl (C=O) groups is 2. The van der Waals surface area contributed by atoms with Gasteiger partial charge in [-0.25, -0.2) is 0 Å². The van der Waals surface area contributed by atoms with Crippen molar-refractivity contribution in [3.05, 3.63) is 95.4 Å². The maximum absolute atomic E-state index is 13.2. The summed E-state index contributed by atoms with van der Waals surface area (Å²) < 4.78 is 7.84. The van der Waals surface area contributed by atoms with Crippen molar-refractivity contribution < 1.29 is 14.3 Å². The van der Waals surface area contributed by atoms with Crippen LogP contribution in [0.25, 0.3) is 5.65 Å². The van der Waals surface area contributed by atoms with Crippen LogP contribution in [0.5, 0.6) is 5.75 Å². The first kappa shape index (κ1) is 21.6. The van der Waals surface area contributed by atoms with E-state index in [2.05, 4.69) is 10.2 Å². The van der Waals surface area contributed by atoms with Gasteiger partial charge in [-0.15, -0.1) is 10.2 Å².